The molecule has 1 saturated heterocycles. The molecule has 2 aromatic rings. The van der Waals surface area contributed by atoms with Crippen LogP contribution in [0.3, 0.4) is 0 Å². The van der Waals surface area contributed by atoms with Crippen LogP contribution in [0.2, 0.25) is 0 Å². The summed E-state index contributed by atoms with van der Waals surface area (Å²) >= 11 is 2.20. The SMILES string of the molecule is CCOc1ccc(/C=C(/C#N)C(=O)N2CCN(c3ccccc3)CC2)cc1I. The van der Waals surface area contributed by atoms with Crippen LogP contribution < -0.4 is 9.64 Å². The van der Waals surface area contributed by atoms with E-state index in [4.69, 9.17) is 4.74 Å². The summed E-state index contributed by atoms with van der Waals surface area (Å²) in [6, 6.07) is 17.9. The third-order valence-corrected chi connectivity index (χ3v) is 5.45. The normalized spacial score (nSPS) is 14.5. The molecular formula is C22H22IN3O2. The van der Waals surface area contributed by atoms with Gasteiger partial charge in [-0.05, 0) is 65.4 Å². The van der Waals surface area contributed by atoms with E-state index >= 15 is 0 Å². The van der Waals surface area contributed by atoms with Crippen molar-refractivity contribution in [3.05, 3.63) is 63.2 Å². The maximum Gasteiger partial charge on any atom is 0.264 e. The van der Waals surface area contributed by atoms with Crippen LogP contribution in [0.4, 0.5) is 5.69 Å². The first-order valence-corrected chi connectivity index (χ1v) is 10.3. The fourth-order valence-corrected chi connectivity index (χ4v) is 3.86. The van der Waals surface area contributed by atoms with Gasteiger partial charge in [0, 0.05) is 31.9 Å². The number of piperazine rings is 1. The lowest BCUT2D eigenvalue weighted by Crippen LogP contribution is -2.49. The number of benzene rings is 2. The molecule has 0 bridgehead atoms. The van der Waals surface area contributed by atoms with Crippen molar-refractivity contribution in [2.75, 3.05) is 37.7 Å². The number of hydrogen-bond donors (Lipinski definition) is 0. The first-order valence-electron chi connectivity index (χ1n) is 9.25. The molecule has 1 amide bonds. The molecule has 0 saturated carbocycles. The zero-order chi connectivity index (χ0) is 19.9. The highest BCUT2D eigenvalue weighted by molar-refractivity contribution is 14.1. The van der Waals surface area contributed by atoms with Crippen LogP contribution in [-0.2, 0) is 4.79 Å². The van der Waals surface area contributed by atoms with Gasteiger partial charge in [0.1, 0.15) is 17.4 Å². The molecule has 5 nitrogen and oxygen atoms in total. The van der Waals surface area contributed by atoms with Gasteiger partial charge >= 0.3 is 0 Å². The van der Waals surface area contributed by atoms with E-state index in [2.05, 4.69) is 45.7 Å². The molecule has 0 atom stereocenters. The number of amides is 1. The van der Waals surface area contributed by atoms with Crippen LogP contribution in [-0.4, -0.2) is 43.6 Å². The third kappa shape index (κ3) is 4.84. The minimum Gasteiger partial charge on any atom is -0.493 e. The van der Waals surface area contributed by atoms with Gasteiger partial charge in [0.25, 0.3) is 5.91 Å². The number of para-hydroxylation sites is 1. The smallest absolute Gasteiger partial charge is 0.264 e. The summed E-state index contributed by atoms with van der Waals surface area (Å²) < 4.78 is 6.49. The van der Waals surface area contributed by atoms with Crippen LogP contribution in [0.25, 0.3) is 6.08 Å². The Balaban J connectivity index is 1.68. The molecule has 0 aliphatic carbocycles. The second-order valence-electron chi connectivity index (χ2n) is 6.41. The number of rotatable bonds is 5. The molecule has 28 heavy (non-hydrogen) atoms. The summed E-state index contributed by atoms with van der Waals surface area (Å²) in [5.41, 5.74) is 2.14. The number of halogens is 1. The summed E-state index contributed by atoms with van der Waals surface area (Å²) in [5.74, 6) is 0.598. The number of hydrogen-bond acceptors (Lipinski definition) is 4. The number of nitrogens with zero attached hydrogens (tertiary/aromatic N) is 3. The summed E-state index contributed by atoms with van der Waals surface area (Å²) in [5, 5.41) is 9.52. The first-order chi connectivity index (χ1) is 13.6. The van der Waals surface area contributed by atoms with Crippen LogP contribution >= 0.6 is 22.6 Å². The minimum absolute atomic E-state index is 0.160. The zero-order valence-electron chi connectivity index (χ0n) is 15.8. The lowest BCUT2D eigenvalue weighted by atomic mass is 10.1. The lowest BCUT2D eigenvalue weighted by molar-refractivity contribution is -0.126. The van der Waals surface area contributed by atoms with Crippen molar-refractivity contribution in [3.8, 4) is 11.8 Å². The molecule has 0 unspecified atom stereocenters. The average Bonchev–Trinajstić information content (AvgIpc) is 2.74. The molecule has 0 N–H and O–H groups in total. The van der Waals surface area contributed by atoms with Gasteiger partial charge in [-0.3, -0.25) is 4.79 Å². The Hall–Kier alpha value is -2.53. The van der Waals surface area contributed by atoms with Crippen molar-refractivity contribution >= 4 is 40.3 Å². The lowest BCUT2D eigenvalue weighted by Gasteiger charge is -2.36. The van der Waals surface area contributed by atoms with Gasteiger partial charge in [-0.25, -0.2) is 0 Å². The van der Waals surface area contributed by atoms with Gasteiger partial charge in [0.15, 0.2) is 0 Å². The van der Waals surface area contributed by atoms with Crippen LogP contribution in [0, 0.1) is 14.9 Å². The Bertz CT molecular complexity index is 898. The maximum absolute atomic E-state index is 12.8. The van der Waals surface area contributed by atoms with Gasteiger partial charge in [-0.2, -0.15) is 5.26 Å². The highest BCUT2D eigenvalue weighted by Gasteiger charge is 2.23. The molecule has 1 aliphatic heterocycles. The second kappa shape index (κ2) is 9.60. The zero-order valence-corrected chi connectivity index (χ0v) is 17.9. The quantitative estimate of drug-likeness (QED) is 0.364. The Kier molecular flexibility index (Phi) is 6.93. The van der Waals surface area contributed by atoms with E-state index in [1.54, 1.807) is 11.0 Å². The second-order valence-corrected chi connectivity index (χ2v) is 7.57. The van der Waals surface area contributed by atoms with E-state index in [0.717, 1.165) is 33.7 Å². The minimum atomic E-state index is -0.209. The van der Waals surface area contributed by atoms with E-state index < -0.39 is 0 Å². The molecule has 1 heterocycles. The standard InChI is InChI=1S/C22H22IN3O2/c1-2-28-21-9-8-17(15-20(21)23)14-18(16-24)22(27)26-12-10-25(11-13-26)19-6-4-3-5-7-19/h3-9,14-15H,2,10-13H2,1H3/b18-14-. The summed E-state index contributed by atoms with van der Waals surface area (Å²) in [4.78, 5) is 16.8. The monoisotopic (exact) mass is 487 g/mol. The average molecular weight is 487 g/mol. The Labute approximate surface area is 179 Å². The van der Waals surface area contributed by atoms with Gasteiger partial charge < -0.3 is 14.5 Å². The van der Waals surface area contributed by atoms with Crippen molar-refractivity contribution in [1.29, 1.82) is 5.26 Å². The molecule has 2 aromatic carbocycles. The first kappa shape index (κ1) is 20.2. The van der Waals surface area contributed by atoms with Gasteiger partial charge in [0.2, 0.25) is 0 Å². The Morgan fingerprint density at radius 1 is 1.18 bits per heavy atom. The van der Waals surface area contributed by atoms with E-state index in [1.165, 1.54) is 0 Å². The summed E-state index contributed by atoms with van der Waals surface area (Å²) in [6.07, 6.45) is 1.66. The van der Waals surface area contributed by atoms with Crippen molar-refractivity contribution in [2.45, 2.75) is 6.92 Å². The maximum atomic E-state index is 12.8. The van der Waals surface area contributed by atoms with Gasteiger partial charge in [0.05, 0.1) is 10.2 Å². The molecular weight excluding hydrogens is 465 g/mol. The van der Waals surface area contributed by atoms with E-state index in [1.807, 2.05) is 43.3 Å². The molecule has 1 fully saturated rings. The van der Waals surface area contributed by atoms with Crippen LogP contribution in [0.15, 0.2) is 54.1 Å². The predicted octanol–water partition coefficient (Wildman–Crippen LogP) is 3.95. The van der Waals surface area contributed by atoms with Crippen molar-refractivity contribution in [1.82, 2.24) is 4.90 Å². The van der Waals surface area contributed by atoms with Gasteiger partial charge in [-0.15, -0.1) is 0 Å². The van der Waals surface area contributed by atoms with E-state index in [9.17, 15) is 10.1 Å². The van der Waals surface area contributed by atoms with Crippen LogP contribution in [0.5, 0.6) is 5.75 Å². The molecule has 0 aromatic heterocycles. The summed E-state index contributed by atoms with van der Waals surface area (Å²) in [6.45, 7) is 5.27. The van der Waals surface area contributed by atoms with Crippen molar-refractivity contribution < 1.29 is 9.53 Å². The van der Waals surface area contributed by atoms with Crippen molar-refractivity contribution in [3.63, 3.8) is 0 Å². The number of anilines is 1. The molecule has 1 aliphatic rings. The predicted molar refractivity (Wildman–Crippen MR) is 119 cm³/mol. The highest BCUT2D eigenvalue weighted by atomic mass is 127. The van der Waals surface area contributed by atoms with Gasteiger partial charge in [-0.1, -0.05) is 24.3 Å². The number of nitriles is 1. The summed E-state index contributed by atoms with van der Waals surface area (Å²) in [7, 11) is 0. The highest BCUT2D eigenvalue weighted by Crippen LogP contribution is 2.24. The number of carbonyl (C=O) groups excluding carboxylic acids is 1. The Morgan fingerprint density at radius 3 is 2.50 bits per heavy atom. The molecule has 3 rings (SSSR count). The fraction of sp³-hybridized carbons (Fsp3) is 0.273. The molecule has 0 radical (unpaired) electrons. The van der Waals surface area contributed by atoms with Crippen LogP contribution in [0.1, 0.15) is 12.5 Å². The Morgan fingerprint density at radius 2 is 1.89 bits per heavy atom. The van der Waals surface area contributed by atoms with Crippen molar-refractivity contribution in [2.24, 2.45) is 0 Å². The largest absolute Gasteiger partial charge is 0.493 e. The number of ether oxygens (including phenoxy) is 1. The fourth-order valence-electron chi connectivity index (χ4n) is 3.16. The third-order valence-electron chi connectivity index (χ3n) is 4.61. The van der Waals surface area contributed by atoms with E-state index in [-0.39, 0.29) is 11.5 Å². The van der Waals surface area contributed by atoms with E-state index in [0.29, 0.717) is 19.7 Å². The topological polar surface area (TPSA) is 56.6 Å². The molecule has 144 valence electrons. The molecule has 0 spiro atoms. The molecule has 6 heteroatoms. The number of carbonyl (C=O) groups is 1.